The van der Waals surface area contributed by atoms with Crippen molar-refractivity contribution in [3.8, 4) is 0 Å². The molecule has 0 spiro atoms. The Morgan fingerprint density at radius 3 is 3.00 bits per heavy atom. The average Bonchev–Trinajstić information content (AvgIpc) is 2.15. The molecule has 82 valence electrons. The summed E-state index contributed by atoms with van der Waals surface area (Å²) in [6.45, 7) is 4.44. The highest BCUT2D eigenvalue weighted by Gasteiger charge is 2.27. The first kappa shape index (κ1) is 10.8. The van der Waals surface area contributed by atoms with Gasteiger partial charge in [0.15, 0.2) is 0 Å². The predicted octanol–water partition coefficient (Wildman–Crippen LogP) is 0.228. The zero-order valence-corrected chi connectivity index (χ0v) is 9.33. The minimum absolute atomic E-state index is 0. The minimum Gasteiger partial charge on any atom is -0.314 e. The van der Waals surface area contributed by atoms with Crippen LogP contribution in [0.5, 0.6) is 0 Å². The molecule has 3 heterocycles. The molecule has 1 aromatic rings. The third-order valence-electron chi connectivity index (χ3n) is 3.18. The maximum absolute atomic E-state index is 4.34. The van der Waals surface area contributed by atoms with Gasteiger partial charge in [-0.1, -0.05) is 0 Å². The van der Waals surface area contributed by atoms with Gasteiger partial charge in [-0.3, -0.25) is 4.90 Å². The van der Waals surface area contributed by atoms with Crippen molar-refractivity contribution in [1.82, 2.24) is 20.2 Å². The Bertz CT molecular complexity index is 340. The molecule has 4 nitrogen and oxygen atoms in total. The number of rotatable bonds is 1. The van der Waals surface area contributed by atoms with Crippen molar-refractivity contribution in [2.45, 2.75) is 19.0 Å². The topological polar surface area (TPSA) is 41.1 Å². The van der Waals surface area contributed by atoms with Gasteiger partial charge in [0.25, 0.3) is 0 Å². The largest absolute Gasteiger partial charge is 0.314 e. The molecule has 1 saturated heterocycles. The Morgan fingerprint density at radius 2 is 2.27 bits per heavy atom. The minimum atomic E-state index is 0. The van der Waals surface area contributed by atoms with Gasteiger partial charge in [-0.15, -0.1) is 12.4 Å². The molecule has 0 amide bonds. The molecule has 2 aliphatic heterocycles. The first-order valence-electron chi connectivity index (χ1n) is 5.16. The van der Waals surface area contributed by atoms with Gasteiger partial charge in [0.2, 0.25) is 0 Å². The van der Waals surface area contributed by atoms with Crippen LogP contribution in [0.4, 0.5) is 0 Å². The summed E-state index contributed by atoms with van der Waals surface area (Å²) in [5.74, 6) is 0. The first-order chi connectivity index (χ1) is 6.93. The van der Waals surface area contributed by atoms with Crippen LogP contribution in [0, 0.1) is 0 Å². The molecule has 2 aliphatic rings. The molecule has 1 N–H and O–H groups in total. The molecular weight excluding hydrogens is 212 g/mol. The lowest BCUT2D eigenvalue weighted by Gasteiger charge is -2.40. The molecule has 0 aromatic carbocycles. The summed E-state index contributed by atoms with van der Waals surface area (Å²) in [6, 6.07) is 0.734. The summed E-state index contributed by atoms with van der Waals surface area (Å²) >= 11 is 0. The average molecular weight is 227 g/mol. The lowest BCUT2D eigenvalue weighted by atomic mass is 10.0. The third-order valence-corrected chi connectivity index (χ3v) is 3.18. The molecule has 1 aromatic heterocycles. The standard InChI is InChI=1S/C10H14N4.ClH/c1-2-14(9-4-11-5-9)6-10-8(1)3-12-7-13-10;/h3,7,9,11H,1-2,4-6H2;1H. The van der Waals surface area contributed by atoms with Crippen molar-refractivity contribution < 1.29 is 0 Å². The maximum atomic E-state index is 4.34. The molecule has 5 heteroatoms. The molecule has 0 bridgehead atoms. The van der Waals surface area contributed by atoms with Crippen LogP contribution in [0.25, 0.3) is 0 Å². The molecule has 0 saturated carbocycles. The van der Waals surface area contributed by atoms with E-state index in [1.54, 1.807) is 6.33 Å². The van der Waals surface area contributed by atoms with E-state index in [1.165, 1.54) is 11.3 Å². The van der Waals surface area contributed by atoms with Gasteiger partial charge >= 0.3 is 0 Å². The van der Waals surface area contributed by atoms with Gasteiger partial charge in [0, 0.05) is 38.4 Å². The Hall–Kier alpha value is -0.710. The van der Waals surface area contributed by atoms with Gasteiger partial charge in [-0.05, 0) is 12.0 Å². The number of hydrogen-bond donors (Lipinski definition) is 1. The highest BCUT2D eigenvalue weighted by molar-refractivity contribution is 5.85. The second kappa shape index (κ2) is 4.43. The highest BCUT2D eigenvalue weighted by atomic mass is 35.5. The van der Waals surface area contributed by atoms with E-state index in [0.717, 1.165) is 38.6 Å². The molecule has 0 aliphatic carbocycles. The Balaban J connectivity index is 0.000000853. The van der Waals surface area contributed by atoms with Gasteiger partial charge in [0.05, 0.1) is 5.69 Å². The van der Waals surface area contributed by atoms with Crippen LogP contribution in [0.15, 0.2) is 12.5 Å². The monoisotopic (exact) mass is 226 g/mol. The van der Waals surface area contributed by atoms with Crippen LogP contribution in [0.1, 0.15) is 11.3 Å². The van der Waals surface area contributed by atoms with Gasteiger partial charge in [0.1, 0.15) is 6.33 Å². The quantitative estimate of drug-likeness (QED) is 0.745. The van der Waals surface area contributed by atoms with Crippen molar-refractivity contribution in [2.75, 3.05) is 19.6 Å². The second-order valence-corrected chi connectivity index (χ2v) is 4.03. The fourth-order valence-electron chi connectivity index (χ4n) is 2.11. The zero-order valence-electron chi connectivity index (χ0n) is 8.52. The molecule has 15 heavy (non-hydrogen) atoms. The van der Waals surface area contributed by atoms with Crippen LogP contribution in [-0.4, -0.2) is 40.5 Å². The number of fused-ring (bicyclic) bond motifs is 1. The second-order valence-electron chi connectivity index (χ2n) is 4.03. The molecule has 0 radical (unpaired) electrons. The van der Waals surface area contributed by atoms with Crippen LogP contribution in [0.3, 0.4) is 0 Å². The third kappa shape index (κ3) is 1.97. The number of nitrogens with zero attached hydrogens (tertiary/aromatic N) is 3. The van der Waals surface area contributed by atoms with Gasteiger partial charge < -0.3 is 5.32 Å². The van der Waals surface area contributed by atoms with Crippen molar-refractivity contribution >= 4 is 12.4 Å². The van der Waals surface area contributed by atoms with E-state index in [9.17, 15) is 0 Å². The van der Waals surface area contributed by atoms with E-state index in [1.807, 2.05) is 6.20 Å². The van der Waals surface area contributed by atoms with E-state index in [2.05, 4.69) is 20.2 Å². The van der Waals surface area contributed by atoms with Crippen molar-refractivity contribution in [2.24, 2.45) is 0 Å². The van der Waals surface area contributed by atoms with E-state index in [-0.39, 0.29) is 12.4 Å². The Labute approximate surface area is 95.5 Å². The number of aromatic nitrogens is 2. The lowest BCUT2D eigenvalue weighted by Crippen LogP contribution is -2.58. The van der Waals surface area contributed by atoms with E-state index >= 15 is 0 Å². The molecular formula is C10H15ClN4. The molecule has 3 rings (SSSR count). The van der Waals surface area contributed by atoms with Crippen molar-refractivity contribution in [3.63, 3.8) is 0 Å². The molecule has 0 unspecified atom stereocenters. The molecule has 1 fully saturated rings. The van der Waals surface area contributed by atoms with E-state index < -0.39 is 0 Å². The van der Waals surface area contributed by atoms with Crippen LogP contribution >= 0.6 is 12.4 Å². The Kier molecular flexibility index (Phi) is 3.19. The van der Waals surface area contributed by atoms with Crippen LogP contribution in [0.2, 0.25) is 0 Å². The van der Waals surface area contributed by atoms with Crippen LogP contribution in [-0.2, 0) is 13.0 Å². The zero-order chi connectivity index (χ0) is 9.38. The summed E-state index contributed by atoms with van der Waals surface area (Å²) < 4.78 is 0. The Morgan fingerprint density at radius 1 is 1.40 bits per heavy atom. The fourth-order valence-corrected chi connectivity index (χ4v) is 2.11. The summed E-state index contributed by atoms with van der Waals surface area (Å²) in [5.41, 5.74) is 2.55. The first-order valence-corrected chi connectivity index (χ1v) is 5.16. The normalized spacial score (nSPS) is 21.3. The van der Waals surface area contributed by atoms with E-state index in [0.29, 0.717) is 0 Å². The van der Waals surface area contributed by atoms with Gasteiger partial charge in [-0.25, -0.2) is 9.97 Å². The maximum Gasteiger partial charge on any atom is 0.115 e. The van der Waals surface area contributed by atoms with E-state index in [4.69, 9.17) is 0 Å². The van der Waals surface area contributed by atoms with Crippen molar-refractivity contribution in [1.29, 1.82) is 0 Å². The highest BCUT2D eigenvalue weighted by Crippen LogP contribution is 2.18. The summed E-state index contributed by atoms with van der Waals surface area (Å²) in [4.78, 5) is 10.9. The van der Waals surface area contributed by atoms with Crippen molar-refractivity contribution in [3.05, 3.63) is 23.8 Å². The predicted molar refractivity (Wildman–Crippen MR) is 60.1 cm³/mol. The number of nitrogens with one attached hydrogen (secondary N) is 1. The smallest absolute Gasteiger partial charge is 0.115 e. The summed E-state index contributed by atoms with van der Waals surface area (Å²) in [7, 11) is 0. The SMILES string of the molecule is Cl.c1ncc2c(n1)CN(C1CNC1)CC2. The number of halogens is 1. The van der Waals surface area contributed by atoms with Gasteiger partial charge in [-0.2, -0.15) is 0 Å². The summed E-state index contributed by atoms with van der Waals surface area (Å²) in [5, 5.41) is 3.31. The van der Waals surface area contributed by atoms with Crippen LogP contribution < -0.4 is 5.32 Å². The number of hydrogen-bond acceptors (Lipinski definition) is 4. The fraction of sp³-hybridized carbons (Fsp3) is 0.600. The summed E-state index contributed by atoms with van der Waals surface area (Å²) in [6.07, 6.45) is 4.72. The molecule has 0 atom stereocenters. The lowest BCUT2D eigenvalue weighted by molar-refractivity contribution is 0.129.